The van der Waals surface area contributed by atoms with E-state index in [2.05, 4.69) is 15.5 Å². The van der Waals surface area contributed by atoms with Crippen molar-refractivity contribution >= 4 is 23.3 Å². The number of allylic oxidation sites excluding steroid dienone is 3. The van der Waals surface area contributed by atoms with Crippen LogP contribution in [0.15, 0.2) is 29.6 Å². The molecule has 0 aliphatic carbocycles. The number of oxime groups is 1. The first-order chi connectivity index (χ1) is 7.73. The lowest BCUT2D eigenvalue weighted by Crippen LogP contribution is -1.78. The predicted molar refractivity (Wildman–Crippen MR) is 70.7 cm³/mol. The van der Waals surface area contributed by atoms with Crippen molar-refractivity contribution in [3.05, 3.63) is 24.5 Å². The Morgan fingerprint density at radius 2 is 1.81 bits per heavy atom. The summed E-state index contributed by atoms with van der Waals surface area (Å²) in [5.74, 6) is 0. The summed E-state index contributed by atoms with van der Waals surface area (Å²) in [6.07, 6.45) is 14.6. The zero-order chi connectivity index (χ0) is 12.1. The van der Waals surface area contributed by atoms with Crippen molar-refractivity contribution in [2.45, 2.75) is 12.8 Å². The summed E-state index contributed by atoms with van der Waals surface area (Å²) >= 11 is 0. The first kappa shape index (κ1) is 15.7. The Hall–Kier alpha value is -0.310. The molecule has 1 saturated heterocycles. The molecule has 0 aromatic heterocycles. The molecule has 1 fully saturated rings. The first-order valence-corrected chi connectivity index (χ1v) is 7.61. The highest BCUT2D eigenvalue weighted by Gasteiger charge is 1.94. The number of hydrogen-bond donors (Lipinski definition) is 3. The van der Waals surface area contributed by atoms with Gasteiger partial charge in [-0.3, -0.25) is 5.50 Å². The molecule has 16 heavy (non-hydrogen) atoms. The molecule has 5 nitrogen and oxygen atoms in total. The van der Waals surface area contributed by atoms with Crippen molar-refractivity contribution in [3.63, 3.8) is 0 Å². The average molecular weight is 264 g/mol. The lowest BCUT2D eigenvalue weighted by molar-refractivity contribution is 0.271. The van der Waals surface area contributed by atoms with E-state index in [1.165, 1.54) is 40.0 Å². The number of nitrogens with zero attached hydrogens (tertiary/aromatic N) is 1. The molecule has 2 aliphatic rings. The summed E-state index contributed by atoms with van der Waals surface area (Å²) in [5.41, 5.74) is 4.29. The fraction of sp³-hybridized carbons (Fsp3) is 0.444. The quantitative estimate of drug-likeness (QED) is 0.581. The Morgan fingerprint density at radius 1 is 1.19 bits per heavy atom. The maximum absolute atomic E-state index is 7.45. The maximum Gasteiger partial charge on any atom is 0.247 e. The summed E-state index contributed by atoms with van der Waals surface area (Å²) in [5, 5.41) is 3.47. The first-order valence-electron chi connectivity index (χ1n) is 4.88. The second kappa shape index (κ2) is 12.8. The lowest BCUT2D eigenvalue weighted by atomic mass is 10.4. The minimum atomic E-state index is -2.12. The second-order valence-corrected chi connectivity index (χ2v) is 4.99. The molecular weight excluding hydrogens is 246 g/mol. The van der Waals surface area contributed by atoms with Gasteiger partial charge in [-0.25, -0.2) is 0 Å². The lowest BCUT2D eigenvalue weighted by Gasteiger charge is -1.79. The topological polar surface area (TPSA) is 88.1 Å². The van der Waals surface area contributed by atoms with Crippen molar-refractivity contribution in [1.82, 2.24) is 0 Å². The Bertz CT molecular complexity index is 204. The standard InChI is InChI=1S/C5H5NO.C4H9P.H4NO2P/c1-2-4-6-7-5-3-1;1-2-4-5-3-1;1-4(2)3/h1-5H;5H,1-4H2;2-3H,1H2. The van der Waals surface area contributed by atoms with Crippen LogP contribution in [0, 0.1) is 0 Å². The Morgan fingerprint density at radius 3 is 2.31 bits per heavy atom. The van der Waals surface area contributed by atoms with E-state index in [9.17, 15) is 0 Å². The van der Waals surface area contributed by atoms with Gasteiger partial charge in [-0.2, -0.15) is 0 Å². The molecule has 0 unspecified atom stereocenters. The fourth-order valence-electron chi connectivity index (χ4n) is 0.925. The summed E-state index contributed by atoms with van der Waals surface area (Å²) in [7, 11) is -0.812. The molecule has 0 spiro atoms. The molecule has 92 valence electrons. The minimum Gasteiger partial charge on any atom is -0.365 e. The third-order valence-corrected chi connectivity index (χ3v) is 2.94. The highest BCUT2D eigenvalue weighted by Crippen LogP contribution is 2.21. The van der Waals surface area contributed by atoms with Crippen LogP contribution in [-0.2, 0) is 4.84 Å². The highest BCUT2D eigenvalue weighted by atomic mass is 31.2. The van der Waals surface area contributed by atoms with Gasteiger partial charge in [0.2, 0.25) is 8.53 Å². The van der Waals surface area contributed by atoms with Gasteiger partial charge in [0.15, 0.2) is 0 Å². The molecule has 7 heteroatoms. The van der Waals surface area contributed by atoms with Gasteiger partial charge >= 0.3 is 0 Å². The van der Waals surface area contributed by atoms with E-state index < -0.39 is 8.53 Å². The monoisotopic (exact) mass is 264 g/mol. The molecule has 0 bridgehead atoms. The van der Waals surface area contributed by atoms with E-state index in [4.69, 9.17) is 9.79 Å². The Labute approximate surface area is 98.8 Å². The molecule has 0 aromatic carbocycles. The van der Waals surface area contributed by atoms with Crippen molar-refractivity contribution in [2.75, 3.05) is 12.3 Å². The van der Waals surface area contributed by atoms with E-state index in [0.717, 1.165) is 0 Å². The zero-order valence-corrected chi connectivity index (χ0v) is 10.9. The molecule has 0 aromatic rings. The van der Waals surface area contributed by atoms with Crippen LogP contribution in [0.25, 0.3) is 0 Å². The van der Waals surface area contributed by atoms with Gasteiger partial charge in [-0.15, -0.1) is 8.58 Å². The van der Waals surface area contributed by atoms with Gasteiger partial charge in [0.25, 0.3) is 0 Å². The largest absolute Gasteiger partial charge is 0.365 e. The third-order valence-electron chi connectivity index (χ3n) is 1.53. The van der Waals surface area contributed by atoms with E-state index in [1.807, 2.05) is 6.08 Å². The van der Waals surface area contributed by atoms with Crippen LogP contribution < -0.4 is 5.50 Å². The van der Waals surface area contributed by atoms with Crippen LogP contribution in [0.5, 0.6) is 0 Å². The van der Waals surface area contributed by atoms with Crippen LogP contribution in [-0.4, -0.2) is 28.3 Å². The summed E-state index contributed by atoms with van der Waals surface area (Å²) < 4.78 is 0. The smallest absolute Gasteiger partial charge is 0.247 e. The molecule has 4 N–H and O–H groups in total. The van der Waals surface area contributed by atoms with Gasteiger partial charge in [0.1, 0.15) is 6.26 Å². The molecule has 0 amide bonds. The van der Waals surface area contributed by atoms with Crippen molar-refractivity contribution in [1.29, 1.82) is 0 Å². The third kappa shape index (κ3) is 16.1. The van der Waals surface area contributed by atoms with E-state index >= 15 is 0 Å². The molecule has 0 saturated carbocycles. The molecule has 2 rings (SSSR count). The number of hydrogen-bond acceptors (Lipinski definition) is 5. The van der Waals surface area contributed by atoms with Gasteiger partial charge in [-0.1, -0.05) is 11.2 Å². The molecule has 0 atom stereocenters. The van der Waals surface area contributed by atoms with E-state index in [-0.39, 0.29) is 0 Å². The zero-order valence-electron chi connectivity index (χ0n) is 8.99. The van der Waals surface area contributed by atoms with Crippen LogP contribution in [0.4, 0.5) is 0 Å². The number of nitrogens with two attached hydrogens (primary N) is 1. The molecular formula is C9H18N2O3P2. The maximum atomic E-state index is 7.45. The highest BCUT2D eigenvalue weighted by molar-refractivity contribution is 7.42. The minimum absolute atomic E-state index is 1.31. The number of rotatable bonds is 0. The molecule has 2 heterocycles. The van der Waals surface area contributed by atoms with Crippen LogP contribution in [0.1, 0.15) is 12.8 Å². The van der Waals surface area contributed by atoms with Crippen molar-refractivity contribution in [2.24, 2.45) is 10.7 Å². The molecule has 0 radical (unpaired) electrons. The normalized spacial score (nSPS) is 16.8. The van der Waals surface area contributed by atoms with Gasteiger partial charge in [0.05, 0.1) is 6.21 Å². The van der Waals surface area contributed by atoms with Crippen molar-refractivity contribution in [3.8, 4) is 0 Å². The predicted octanol–water partition coefficient (Wildman–Crippen LogP) is 1.69. The Balaban J connectivity index is 0.000000222. The van der Waals surface area contributed by atoms with E-state index in [1.54, 1.807) is 18.4 Å². The van der Waals surface area contributed by atoms with Gasteiger partial charge in [0, 0.05) is 0 Å². The second-order valence-electron chi connectivity index (χ2n) is 2.85. The summed E-state index contributed by atoms with van der Waals surface area (Å²) in [6.45, 7) is 0. The van der Waals surface area contributed by atoms with Gasteiger partial charge in [-0.05, 0) is 37.3 Å². The Kier molecular flexibility index (Phi) is 12.5. The average Bonchev–Trinajstić information content (AvgIpc) is 2.66. The van der Waals surface area contributed by atoms with Crippen molar-refractivity contribution < 1.29 is 14.6 Å². The van der Waals surface area contributed by atoms with Gasteiger partial charge < -0.3 is 14.6 Å². The summed E-state index contributed by atoms with van der Waals surface area (Å²) in [6, 6.07) is 0. The van der Waals surface area contributed by atoms with E-state index in [0.29, 0.717) is 0 Å². The van der Waals surface area contributed by atoms with Crippen LogP contribution >= 0.6 is 17.1 Å². The molecule has 2 aliphatic heterocycles. The summed E-state index contributed by atoms with van der Waals surface area (Å²) in [4.78, 5) is 19.4. The fourth-order valence-corrected chi connectivity index (χ4v) is 2.17. The SMILES string of the molecule is C1=CC=NOC=C1.C1CCPC1.NP(O)O. The van der Waals surface area contributed by atoms with Crippen LogP contribution in [0.2, 0.25) is 0 Å². The van der Waals surface area contributed by atoms with Crippen LogP contribution in [0.3, 0.4) is 0 Å².